The summed E-state index contributed by atoms with van der Waals surface area (Å²) in [5, 5.41) is 0. The van der Waals surface area contributed by atoms with Gasteiger partial charge in [0.1, 0.15) is 0 Å². The van der Waals surface area contributed by atoms with Crippen molar-refractivity contribution >= 4 is 17.7 Å². The van der Waals surface area contributed by atoms with E-state index in [0.717, 1.165) is 25.4 Å². The molecular formula is C21H26N2OS. The largest absolute Gasteiger partial charge is 0.332 e. The molecule has 25 heavy (non-hydrogen) atoms. The number of rotatable bonds is 5. The SMILES string of the molecule is Cc1cccc(CSCC(=O)N2CCN(C)CC2c2ccccc2)c1. The maximum absolute atomic E-state index is 12.8. The molecule has 1 aliphatic heterocycles. The molecule has 2 aromatic rings. The average Bonchev–Trinajstić information content (AvgIpc) is 2.62. The van der Waals surface area contributed by atoms with Gasteiger partial charge in [-0.05, 0) is 25.1 Å². The highest BCUT2D eigenvalue weighted by Gasteiger charge is 2.29. The first kappa shape index (κ1) is 18.0. The van der Waals surface area contributed by atoms with Crippen molar-refractivity contribution in [1.29, 1.82) is 0 Å². The molecule has 1 fully saturated rings. The van der Waals surface area contributed by atoms with Crippen LogP contribution in [0.3, 0.4) is 0 Å². The standard InChI is InChI=1S/C21H26N2OS/c1-17-7-6-8-18(13-17)15-25-16-21(24)23-12-11-22(2)14-20(23)19-9-4-3-5-10-19/h3-10,13,20H,11-12,14-16H2,1-2H3. The minimum atomic E-state index is 0.159. The predicted octanol–water partition coefficient (Wildman–Crippen LogP) is 3.74. The molecule has 0 saturated carbocycles. The van der Waals surface area contributed by atoms with Gasteiger partial charge in [-0.1, -0.05) is 60.2 Å². The van der Waals surface area contributed by atoms with Gasteiger partial charge in [0.05, 0.1) is 11.8 Å². The minimum absolute atomic E-state index is 0.159. The van der Waals surface area contributed by atoms with E-state index in [2.05, 4.69) is 72.3 Å². The van der Waals surface area contributed by atoms with E-state index in [4.69, 9.17) is 0 Å². The number of thioether (sulfide) groups is 1. The monoisotopic (exact) mass is 354 g/mol. The summed E-state index contributed by atoms with van der Waals surface area (Å²) < 4.78 is 0. The van der Waals surface area contributed by atoms with Crippen molar-refractivity contribution in [2.75, 3.05) is 32.4 Å². The number of aryl methyl sites for hydroxylation is 1. The van der Waals surface area contributed by atoms with Crippen LogP contribution >= 0.6 is 11.8 Å². The molecule has 2 aromatic carbocycles. The third-order valence-electron chi connectivity index (χ3n) is 4.66. The van der Waals surface area contributed by atoms with Gasteiger partial charge < -0.3 is 9.80 Å². The lowest BCUT2D eigenvalue weighted by Crippen LogP contribution is -2.49. The van der Waals surface area contributed by atoms with E-state index in [-0.39, 0.29) is 11.9 Å². The van der Waals surface area contributed by atoms with Crippen LogP contribution in [0.2, 0.25) is 0 Å². The molecule has 3 rings (SSSR count). The van der Waals surface area contributed by atoms with Gasteiger partial charge in [-0.25, -0.2) is 0 Å². The summed E-state index contributed by atoms with van der Waals surface area (Å²) in [5.74, 6) is 1.68. The zero-order valence-corrected chi connectivity index (χ0v) is 15.8. The van der Waals surface area contributed by atoms with E-state index in [1.165, 1.54) is 16.7 Å². The molecule has 0 aromatic heterocycles. The fourth-order valence-electron chi connectivity index (χ4n) is 3.32. The van der Waals surface area contributed by atoms with Crippen molar-refractivity contribution in [2.45, 2.75) is 18.7 Å². The smallest absolute Gasteiger partial charge is 0.233 e. The van der Waals surface area contributed by atoms with E-state index in [0.29, 0.717) is 5.75 Å². The number of piperazine rings is 1. The van der Waals surface area contributed by atoms with Crippen LogP contribution < -0.4 is 0 Å². The zero-order valence-electron chi connectivity index (χ0n) is 15.0. The van der Waals surface area contributed by atoms with Crippen molar-refractivity contribution in [3.63, 3.8) is 0 Å². The second-order valence-electron chi connectivity index (χ2n) is 6.76. The maximum Gasteiger partial charge on any atom is 0.233 e. The van der Waals surface area contributed by atoms with Crippen molar-refractivity contribution in [2.24, 2.45) is 0 Å². The topological polar surface area (TPSA) is 23.6 Å². The van der Waals surface area contributed by atoms with E-state index in [1.807, 2.05) is 6.07 Å². The zero-order chi connectivity index (χ0) is 17.6. The van der Waals surface area contributed by atoms with Crippen molar-refractivity contribution in [3.05, 3.63) is 71.3 Å². The number of amides is 1. The highest BCUT2D eigenvalue weighted by molar-refractivity contribution is 7.99. The summed E-state index contributed by atoms with van der Waals surface area (Å²) in [5.41, 5.74) is 3.79. The van der Waals surface area contributed by atoms with Gasteiger partial charge in [-0.15, -0.1) is 11.8 Å². The Morgan fingerprint density at radius 1 is 1.12 bits per heavy atom. The van der Waals surface area contributed by atoms with E-state index in [9.17, 15) is 4.79 Å². The second kappa shape index (κ2) is 8.54. The number of hydrogen-bond donors (Lipinski definition) is 0. The van der Waals surface area contributed by atoms with Crippen LogP contribution in [0.1, 0.15) is 22.7 Å². The lowest BCUT2D eigenvalue weighted by molar-refractivity contribution is -0.133. The Morgan fingerprint density at radius 3 is 2.68 bits per heavy atom. The first-order chi connectivity index (χ1) is 12.1. The van der Waals surface area contributed by atoms with E-state index < -0.39 is 0 Å². The summed E-state index contributed by atoms with van der Waals surface area (Å²) >= 11 is 1.71. The molecule has 1 atom stereocenters. The van der Waals surface area contributed by atoms with E-state index in [1.54, 1.807) is 11.8 Å². The van der Waals surface area contributed by atoms with Crippen molar-refractivity contribution < 1.29 is 4.79 Å². The molecule has 0 bridgehead atoms. The molecular weight excluding hydrogens is 328 g/mol. The van der Waals surface area contributed by atoms with Gasteiger partial charge in [0, 0.05) is 25.4 Å². The summed E-state index contributed by atoms with van der Waals surface area (Å²) in [6, 6.07) is 19.1. The van der Waals surface area contributed by atoms with Gasteiger partial charge in [0.15, 0.2) is 0 Å². The van der Waals surface area contributed by atoms with Crippen LogP contribution in [0, 0.1) is 6.92 Å². The Balaban J connectivity index is 1.61. The molecule has 1 unspecified atom stereocenters. The van der Waals surface area contributed by atoms with Gasteiger partial charge in [-0.3, -0.25) is 4.79 Å². The van der Waals surface area contributed by atoms with Crippen LogP contribution in [-0.2, 0) is 10.5 Å². The summed E-state index contributed by atoms with van der Waals surface area (Å²) in [7, 11) is 2.13. The average molecular weight is 355 g/mol. The number of carbonyl (C=O) groups excluding carboxylic acids is 1. The molecule has 132 valence electrons. The summed E-state index contributed by atoms with van der Waals surface area (Å²) in [6.07, 6.45) is 0. The Hall–Kier alpha value is -1.78. The van der Waals surface area contributed by atoms with Crippen LogP contribution in [0.15, 0.2) is 54.6 Å². The number of nitrogens with zero attached hydrogens (tertiary/aromatic N) is 2. The molecule has 1 aliphatic rings. The second-order valence-corrected chi connectivity index (χ2v) is 7.74. The Morgan fingerprint density at radius 2 is 1.92 bits per heavy atom. The maximum atomic E-state index is 12.8. The third-order valence-corrected chi connectivity index (χ3v) is 5.65. The third kappa shape index (κ3) is 4.86. The van der Waals surface area contributed by atoms with Crippen LogP contribution in [-0.4, -0.2) is 48.1 Å². The van der Waals surface area contributed by atoms with Gasteiger partial charge in [0.2, 0.25) is 5.91 Å². The molecule has 1 saturated heterocycles. The number of likely N-dealkylation sites (N-methyl/N-ethyl adjacent to an activating group) is 1. The first-order valence-corrected chi connectivity index (χ1v) is 9.95. The van der Waals surface area contributed by atoms with Gasteiger partial charge >= 0.3 is 0 Å². The highest BCUT2D eigenvalue weighted by Crippen LogP contribution is 2.26. The summed E-state index contributed by atoms with van der Waals surface area (Å²) in [6.45, 7) is 4.75. The fourth-order valence-corrected chi connectivity index (χ4v) is 4.18. The van der Waals surface area contributed by atoms with Gasteiger partial charge in [-0.2, -0.15) is 0 Å². The highest BCUT2D eigenvalue weighted by atomic mass is 32.2. The van der Waals surface area contributed by atoms with Crippen LogP contribution in [0.4, 0.5) is 0 Å². The number of carbonyl (C=O) groups is 1. The Labute approximate surface area is 155 Å². The normalized spacial score (nSPS) is 18.3. The summed E-state index contributed by atoms with van der Waals surface area (Å²) in [4.78, 5) is 17.2. The molecule has 0 N–H and O–H groups in total. The fraction of sp³-hybridized carbons (Fsp3) is 0.381. The Bertz CT molecular complexity index is 704. The molecule has 1 amide bonds. The molecule has 0 spiro atoms. The number of benzene rings is 2. The van der Waals surface area contributed by atoms with Crippen LogP contribution in [0.25, 0.3) is 0 Å². The first-order valence-electron chi connectivity index (χ1n) is 8.80. The molecule has 1 heterocycles. The molecule has 0 aliphatic carbocycles. The van der Waals surface area contributed by atoms with Crippen molar-refractivity contribution in [1.82, 2.24) is 9.80 Å². The predicted molar refractivity (Wildman–Crippen MR) is 106 cm³/mol. The molecule has 0 radical (unpaired) electrons. The molecule has 4 heteroatoms. The lowest BCUT2D eigenvalue weighted by Gasteiger charge is -2.40. The van der Waals surface area contributed by atoms with Crippen LogP contribution in [0.5, 0.6) is 0 Å². The molecule has 3 nitrogen and oxygen atoms in total. The number of hydrogen-bond acceptors (Lipinski definition) is 3. The Kier molecular flexibility index (Phi) is 6.16. The van der Waals surface area contributed by atoms with E-state index >= 15 is 0 Å². The van der Waals surface area contributed by atoms with Gasteiger partial charge in [0.25, 0.3) is 0 Å². The van der Waals surface area contributed by atoms with Crippen molar-refractivity contribution in [3.8, 4) is 0 Å². The lowest BCUT2D eigenvalue weighted by atomic mass is 10.0. The quantitative estimate of drug-likeness (QED) is 0.817. The minimum Gasteiger partial charge on any atom is -0.332 e.